The van der Waals surface area contributed by atoms with Crippen LogP contribution in [0.3, 0.4) is 0 Å². The molecule has 12 heteroatoms. The third-order valence-corrected chi connectivity index (χ3v) is 6.49. The summed E-state index contributed by atoms with van der Waals surface area (Å²) in [4.78, 5) is 32.5. The zero-order chi connectivity index (χ0) is 27.8. The first-order valence-corrected chi connectivity index (χ1v) is 12.2. The molecule has 0 aromatic heterocycles. The Balaban J connectivity index is 1.47. The molecule has 38 heavy (non-hydrogen) atoms. The number of anilines is 2. The Morgan fingerprint density at radius 3 is 1.37 bits per heavy atom. The first-order valence-electron chi connectivity index (χ1n) is 12.2. The number of hydrogen-bond acceptors (Lipinski definition) is 11. The molecule has 2 aliphatic rings. The van der Waals surface area contributed by atoms with Crippen LogP contribution < -0.4 is 32.7 Å². The second kappa shape index (κ2) is 9.69. The molecular weight excluding hydrogens is 484 g/mol. The van der Waals surface area contributed by atoms with Gasteiger partial charge in [0.15, 0.2) is 0 Å². The standard InChI is InChI=1S/C26H34N10O2/c1-25(2)33-21(27)31-23(29)35(25)18-9-5-15(6-10-18)13-17(20(37)38)14-16-7-11-19(12-8-16)36-24(30)32-22(28)34-26(36,3)4/h5-12,17H,13-14H2,1-4H3,(H,37,38)(H4,27,29,31,33)(H4,28,30,32,34). The molecule has 0 amide bonds. The zero-order valence-electron chi connectivity index (χ0n) is 22.0. The van der Waals surface area contributed by atoms with Gasteiger partial charge in [-0.25, -0.2) is 9.98 Å². The number of carboxylic acid groups (broad SMARTS) is 1. The highest BCUT2D eigenvalue weighted by atomic mass is 16.4. The first kappa shape index (κ1) is 26.5. The topological polar surface area (TPSA) is 197 Å². The van der Waals surface area contributed by atoms with Gasteiger partial charge >= 0.3 is 5.97 Å². The van der Waals surface area contributed by atoms with Crippen LogP contribution in [-0.2, 0) is 17.6 Å². The van der Waals surface area contributed by atoms with E-state index in [0.29, 0.717) is 12.8 Å². The van der Waals surface area contributed by atoms with Crippen LogP contribution in [0.4, 0.5) is 11.4 Å². The highest BCUT2D eigenvalue weighted by Crippen LogP contribution is 2.30. The van der Waals surface area contributed by atoms with Crippen LogP contribution in [0, 0.1) is 5.92 Å². The molecule has 2 heterocycles. The minimum Gasteiger partial charge on any atom is -0.481 e. The maximum Gasteiger partial charge on any atom is 0.307 e. The van der Waals surface area contributed by atoms with Gasteiger partial charge in [0.1, 0.15) is 11.3 Å². The normalized spacial score (nSPS) is 18.4. The number of carbonyl (C=O) groups is 1. The number of nitrogens with zero attached hydrogens (tertiary/aromatic N) is 6. The third-order valence-electron chi connectivity index (χ3n) is 6.49. The molecule has 200 valence electrons. The lowest BCUT2D eigenvalue weighted by atomic mass is 9.92. The van der Waals surface area contributed by atoms with E-state index in [4.69, 9.17) is 22.9 Å². The summed E-state index contributed by atoms with van der Waals surface area (Å²) < 4.78 is 0. The minimum atomic E-state index is -0.866. The monoisotopic (exact) mass is 518 g/mol. The molecule has 2 aromatic rings. The summed E-state index contributed by atoms with van der Waals surface area (Å²) in [7, 11) is 0. The number of aliphatic carboxylic acids is 1. The molecule has 0 bridgehead atoms. The van der Waals surface area contributed by atoms with Crippen molar-refractivity contribution >= 4 is 41.2 Å². The summed E-state index contributed by atoms with van der Waals surface area (Å²) in [5.41, 5.74) is 25.7. The molecule has 2 aliphatic heterocycles. The van der Waals surface area contributed by atoms with E-state index in [1.807, 2.05) is 76.2 Å². The van der Waals surface area contributed by atoms with Crippen molar-refractivity contribution in [1.82, 2.24) is 0 Å². The molecule has 0 spiro atoms. The second-order valence-electron chi connectivity index (χ2n) is 10.3. The summed E-state index contributed by atoms with van der Waals surface area (Å²) in [6.45, 7) is 7.54. The quantitative estimate of drug-likeness (QED) is 0.363. The van der Waals surface area contributed by atoms with Gasteiger partial charge in [0, 0.05) is 11.4 Å². The Hall–Kier alpha value is -4.61. The highest BCUT2D eigenvalue weighted by molar-refractivity contribution is 6.06. The van der Waals surface area contributed by atoms with Gasteiger partial charge in [0.2, 0.25) is 23.8 Å². The molecule has 0 fully saturated rings. The SMILES string of the molecule is CC1(C)N=C(N)N=C(N)N1c1ccc(CC(Cc2ccc(N3C(N)=NC(N)=NC3(C)C)cc2)C(=O)O)cc1. The van der Waals surface area contributed by atoms with E-state index in [9.17, 15) is 9.90 Å². The fraction of sp³-hybridized carbons (Fsp3) is 0.346. The lowest BCUT2D eigenvalue weighted by Crippen LogP contribution is -2.54. The smallest absolute Gasteiger partial charge is 0.307 e. The molecule has 0 radical (unpaired) electrons. The number of rotatable bonds is 7. The average molecular weight is 519 g/mol. The Bertz CT molecular complexity index is 1240. The minimum absolute atomic E-state index is 0.132. The number of nitrogens with two attached hydrogens (primary N) is 4. The predicted octanol–water partition coefficient (Wildman–Crippen LogP) is 1.54. The van der Waals surface area contributed by atoms with Gasteiger partial charge in [-0.05, 0) is 75.9 Å². The van der Waals surface area contributed by atoms with Crippen LogP contribution in [0.1, 0.15) is 38.8 Å². The number of guanidine groups is 4. The molecule has 0 saturated heterocycles. The van der Waals surface area contributed by atoms with Crippen molar-refractivity contribution in [3.63, 3.8) is 0 Å². The van der Waals surface area contributed by atoms with E-state index in [-0.39, 0.29) is 23.8 Å². The largest absolute Gasteiger partial charge is 0.481 e. The van der Waals surface area contributed by atoms with Crippen LogP contribution in [0.5, 0.6) is 0 Å². The van der Waals surface area contributed by atoms with E-state index in [1.54, 1.807) is 9.80 Å². The summed E-state index contributed by atoms with van der Waals surface area (Å²) in [5, 5.41) is 9.94. The van der Waals surface area contributed by atoms with Crippen LogP contribution in [0.15, 0.2) is 68.5 Å². The van der Waals surface area contributed by atoms with Crippen molar-refractivity contribution < 1.29 is 9.90 Å². The van der Waals surface area contributed by atoms with Crippen LogP contribution in [-0.4, -0.2) is 46.2 Å². The molecule has 0 unspecified atom stereocenters. The first-order chi connectivity index (χ1) is 17.8. The molecule has 12 nitrogen and oxygen atoms in total. The summed E-state index contributed by atoms with van der Waals surface area (Å²) in [5.74, 6) is -0.720. The molecule has 0 saturated carbocycles. The lowest BCUT2D eigenvalue weighted by Gasteiger charge is -2.38. The van der Waals surface area contributed by atoms with Crippen molar-refractivity contribution in [3.05, 3.63) is 59.7 Å². The maximum absolute atomic E-state index is 12.1. The predicted molar refractivity (Wildman–Crippen MR) is 151 cm³/mol. The summed E-state index contributed by atoms with van der Waals surface area (Å²) in [6, 6.07) is 15.1. The summed E-state index contributed by atoms with van der Waals surface area (Å²) >= 11 is 0. The fourth-order valence-electron chi connectivity index (χ4n) is 4.88. The molecule has 0 aliphatic carbocycles. The Morgan fingerprint density at radius 1 is 0.737 bits per heavy atom. The van der Waals surface area contributed by atoms with Crippen molar-refractivity contribution in [2.45, 2.75) is 51.9 Å². The molecule has 0 atom stereocenters. The van der Waals surface area contributed by atoms with E-state index in [0.717, 1.165) is 22.5 Å². The van der Waals surface area contributed by atoms with Crippen molar-refractivity contribution in [2.75, 3.05) is 9.80 Å². The van der Waals surface area contributed by atoms with Crippen LogP contribution in [0.25, 0.3) is 0 Å². The zero-order valence-corrected chi connectivity index (χ0v) is 22.0. The molecule has 4 rings (SSSR count). The Labute approximate surface area is 221 Å². The van der Waals surface area contributed by atoms with Gasteiger partial charge in [-0.1, -0.05) is 24.3 Å². The molecule has 9 N–H and O–H groups in total. The van der Waals surface area contributed by atoms with Gasteiger partial charge in [-0.2, -0.15) is 9.98 Å². The Morgan fingerprint density at radius 2 is 1.08 bits per heavy atom. The number of carboxylic acids is 1. The van der Waals surface area contributed by atoms with Crippen LogP contribution >= 0.6 is 0 Å². The number of benzene rings is 2. The van der Waals surface area contributed by atoms with E-state index < -0.39 is 23.2 Å². The van der Waals surface area contributed by atoms with Crippen molar-refractivity contribution in [2.24, 2.45) is 48.8 Å². The van der Waals surface area contributed by atoms with Gasteiger partial charge in [-0.3, -0.25) is 14.6 Å². The molecular formula is C26H34N10O2. The Kier molecular flexibility index (Phi) is 6.75. The molecule has 2 aromatic carbocycles. The van der Waals surface area contributed by atoms with Crippen molar-refractivity contribution in [3.8, 4) is 0 Å². The third kappa shape index (κ3) is 5.38. The van der Waals surface area contributed by atoms with Crippen LogP contribution in [0.2, 0.25) is 0 Å². The second-order valence-corrected chi connectivity index (χ2v) is 10.3. The van der Waals surface area contributed by atoms with Crippen molar-refractivity contribution in [1.29, 1.82) is 0 Å². The number of aliphatic imine (C=N–C) groups is 4. The summed E-state index contributed by atoms with van der Waals surface area (Å²) in [6.07, 6.45) is 0.727. The van der Waals surface area contributed by atoms with Gasteiger partial charge in [0.05, 0.1) is 5.92 Å². The van der Waals surface area contributed by atoms with Gasteiger partial charge in [0.25, 0.3) is 0 Å². The maximum atomic E-state index is 12.1. The lowest BCUT2D eigenvalue weighted by molar-refractivity contribution is -0.141. The number of hydrogen-bond donors (Lipinski definition) is 5. The van der Waals surface area contributed by atoms with E-state index in [2.05, 4.69) is 20.0 Å². The van der Waals surface area contributed by atoms with E-state index >= 15 is 0 Å². The fourth-order valence-corrected chi connectivity index (χ4v) is 4.88. The van der Waals surface area contributed by atoms with E-state index in [1.165, 1.54) is 0 Å². The van der Waals surface area contributed by atoms with Gasteiger partial charge in [-0.15, -0.1) is 0 Å². The highest BCUT2D eigenvalue weighted by Gasteiger charge is 2.34. The van der Waals surface area contributed by atoms with Gasteiger partial charge < -0.3 is 28.0 Å². The average Bonchev–Trinajstić information content (AvgIpc) is 2.78.